The third kappa shape index (κ3) is 4.65. The minimum absolute atomic E-state index is 0.910. The van der Waals surface area contributed by atoms with E-state index in [9.17, 15) is 0 Å². The fourth-order valence-electron chi connectivity index (χ4n) is 1.59. The molecule has 0 fully saturated rings. The Morgan fingerprint density at radius 2 is 1.80 bits per heavy atom. The number of aryl methyl sites for hydroxylation is 2. The zero-order valence-electron chi connectivity index (χ0n) is 13.6. The van der Waals surface area contributed by atoms with E-state index in [-0.39, 0.29) is 0 Å². The minimum Gasteiger partial charge on any atom is -0.283 e. The highest BCUT2D eigenvalue weighted by Gasteiger charge is 2.08. The van der Waals surface area contributed by atoms with Crippen molar-refractivity contribution in [3.05, 3.63) is 48.2 Å². The van der Waals surface area contributed by atoms with Gasteiger partial charge in [0, 0.05) is 6.20 Å². The Morgan fingerprint density at radius 3 is 2.30 bits per heavy atom. The van der Waals surface area contributed by atoms with Gasteiger partial charge in [-0.2, -0.15) is 0 Å². The molecule has 0 saturated carbocycles. The van der Waals surface area contributed by atoms with Crippen molar-refractivity contribution in [3.8, 4) is 5.82 Å². The van der Waals surface area contributed by atoms with E-state index in [4.69, 9.17) is 0 Å². The van der Waals surface area contributed by atoms with Crippen LogP contribution in [0.5, 0.6) is 0 Å². The molecule has 0 amide bonds. The fourth-order valence-corrected chi connectivity index (χ4v) is 1.59. The summed E-state index contributed by atoms with van der Waals surface area (Å²) in [5, 5.41) is 0. The van der Waals surface area contributed by atoms with E-state index in [1.165, 1.54) is 6.42 Å². The van der Waals surface area contributed by atoms with Crippen LogP contribution in [0.25, 0.3) is 11.9 Å². The molecule has 3 nitrogen and oxygen atoms in total. The highest BCUT2D eigenvalue weighted by Crippen LogP contribution is 2.16. The van der Waals surface area contributed by atoms with Gasteiger partial charge in [-0.25, -0.2) is 9.97 Å². The molecule has 0 aromatic carbocycles. The average molecular weight is 273 g/mol. The van der Waals surface area contributed by atoms with Crippen LogP contribution in [0.2, 0.25) is 0 Å². The predicted molar refractivity (Wildman–Crippen MR) is 88.2 cm³/mol. The molecule has 2 aromatic rings. The second kappa shape index (κ2) is 9.96. The topological polar surface area (TPSA) is 30.7 Å². The van der Waals surface area contributed by atoms with Gasteiger partial charge in [0.25, 0.3) is 0 Å². The van der Waals surface area contributed by atoms with E-state index in [2.05, 4.69) is 30.4 Å². The molecule has 110 valence electrons. The highest BCUT2D eigenvalue weighted by atomic mass is 15.1. The van der Waals surface area contributed by atoms with Crippen molar-refractivity contribution >= 4 is 6.08 Å². The van der Waals surface area contributed by atoms with Crippen molar-refractivity contribution in [2.24, 2.45) is 0 Å². The molecule has 0 atom stereocenters. The van der Waals surface area contributed by atoms with E-state index < -0.39 is 0 Å². The van der Waals surface area contributed by atoms with Gasteiger partial charge in [-0.3, -0.25) is 4.57 Å². The summed E-state index contributed by atoms with van der Waals surface area (Å²) in [6, 6.07) is 3.96. The normalized spacial score (nSPS) is 8.90. The molecule has 0 aliphatic carbocycles. The number of aromatic nitrogens is 3. The van der Waals surface area contributed by atoms with Gasteiger partial charge in [0.05, 0.1) is 11.4 Å². The Kier molecular flexibility index (Phi) is 9.01. The summed E-state index contributed by atoms with van der Waals surface area (Å²) in [4.78, 5) is 8.60. The number of hydrogen-bond donors (Lipinski definition) is 0. The number of imidazole rings is 1. The average Bonchev–Trinajstić information content (AvgIpc) is 2.83. The van der Waals surface area contributed by atoms with Crippen LogP contribution < -0.4 is 0 Å². The van der Waals surface area contributed by atoms with E-state index >= 15 is 0 Å². The molecule has 0 N–H and O–H groups in total. The maximum absolute atomic E-state index is 4.35. The largest absolute Gasteiger partial charge is 0.283 e. The Bertz CT molecular complexity index is 513. The predicted octanol–water partition coefficient (Wildman–Crippen LogP) is 4.97. The Balaban J connectivity index is 0.000000641. The number of rotatable bonds is 2. The standard InChI is InChI=1S/C12H13N3.C3H8.C2H6/c1-4-11-10(3)14-8-15(11)12-9(2)6-5-7-13-12;1-3-2;1-2/h4-8H,1H2,2-3H3;3H2,1-2H3;1-2H3. The van der Waals surface area contributed by atoms with Gasteiger partial charge < -0.3 is 0 Å². The summed E-state index contributed by atoms with van der Waals surface area (Å²) in [5.41, 5.74) is 3.09. The van der Waals surface area contributed by atoms with Crippen LogP contribution in [0, 0.1) is 13.8 Å². The zero-order valence-corrected chi connectivity index (χ0v) is 13.6. The Hall–Kier alpha value is -1.90. The van der Waals surface area contributed by atoms with Gasteiger partial charge in [0.2, 0.25) is 0 Å². The molecule has 0 radical (unpaired) electrons. The van der Waals surface area contributed by atoms with Crippen molar-refractivity contribution in [2.45, 2.75) is 48.0 Å². The van der Waals surface area contributed by atoms with E-state index in [1.54, 1.807) is 18.6 Å². The first-order valence-corrected chi connectivity index (χ1v) is 7.24. The molecular formula is C17H27N3. The van der Waals surface area contributed by atoms with Crippen molar-refractivity contribution in [1.29, 1.82) is 0 Å². The lowest BCUT2D eigenvalue weighted by atomic mass is 10.2. The molecule has 0 aliphatic heterocycles. The lowest BCUT2D eigenvalue weighted by Crippen LogP contribution is -2.00. The van der Waals surface area contributed by atoms with E-state index in [1.807, 2.05) is 44.4 Å². The summed E-state index contributed by atoms with van der Waals surface area (Å²) in [7, 11) is 0. The second-order valence-corrected chi connectivity index (χ2v) is 4.14. The summed E-state index contributed by atoms with van der Waals surface area (Å²) in [5.74, 6) is 0.910. The van der Waals surface area contributed by atoms with Gasteiger partial charge in [-0.15, -0.1) is 0 Å². The first kappa shape index (κ1) is 18.1. The lowest BCUT2D eigenvalue weighted by molar-refractivity contribution is 0.965. The third-order valence-corrected chi connectivity index (χ3v) is 2.40. The molecule has 2 rings (SSSR count). The van der Waals surface area contributed by atoms with Gasteiger partial charge in [0.15, 0.2) is 0 Å². The highest BCUT2D eigenvalue weighted by molar-refractivity contribution is 5.50. The van der Waals surface area contributed by atoms with Crippen LogP contribution in [0.1, 0.15) is 51.1 Å². The SMILES string of the molecule is C=Cc1c(C)ncn1-c1ncccc1C.CC.CCC. The summed E-state index contributed by atoms with van der Waals surface area (Å²) in [6.07, 6.45) is 6.61. The molecule has 0 aliphatic rings. The molecule has 0 spiro atoms. The summed E-state index contributed by atoms with van der Waals surface area (Å²) >= 11 is 0. The second-order valence-electron chi connectivity index (χ2n) is 4.14. The molecular weight excluding hydrogens is 246 g/mol. The van der Waals surface area contributed by atoms with Crippen molar-refractivity contribution in [2.75, 3.05) is 0 Å². The fraction of sp³-hybridized carbons (Fsp3) is 0.412. The maximum atomic E-state index is 4.35. The van der Waals surface area contributed by atoms with Crippen molar-refractivity contribution in [1.82, 2.24) is 14.5 Å². The molecule has 2 heterocycles. The molecule has 0 saturated heterocycles. The van der Waals surface area contributed by atoms with Gasteiger partial charge in [0.1, 0.15) is 12.1 Å². The number of pyridine rings is 1. The molecule has 0 bridgehead atoms. The number of nitrogens with zero attached hydrogens (tertiary/aromatic N) is 3. The van der Waals surface area contributed by atoms with Crippen LogP contribution in [0.4, 0.5) is 0 Å². The van der Waals surface area contributed by atoms with Crippen LogP contribution in [0.15, 0.2) is 31.2 Å². The Labute approximate surface area is 123 Å². The summed E-state index contributed by atoms with van der Waals surface area (Å²) in [6.45, 7) is 16.0. The zero-order chi connectivity index (χ0) is 15.5. The Morgan fingerprint density at radius 1 is 1.20 bits per heavy atom. The molecule has 0 unspecified atom stereocenters. The van der Waals surface area contributed by atoms with Crippen LogP contribution >= 0.6 is 0 Å². The van der Waals surface area contributed by atoms with E-state index in [0.717, 1.165) is 22.8 Å². The van der Waals surface area contributed by atoms with Gasteiger partial charge in [-0.05, 0) is 31.6 Å². The lowest BCUT2D eigenvalue weighted by Gasteiger charge is -2.07. The van der Waals surface area contributed by atoms with Gasteiger partial charge in [-0.1, -0.05) is 46.8 Å². The summed E-state index contributed by atoms with van der Waals surface area (Å²) < 4.78 is 1.96. The number of hydrogen-bond acceptors (Lipinski definition) is 2. The van der Waals surface area contributed by atoms with Crippen LogP contribution in [0.3, 0.4) is 0 Å². The molecule has 2 aromatic heterocycles. The molecule has 20 heavy (non-hydrogen) atoms. The molecule has 3 heteroatoms. The third-order valence-electron chi connectivity index (χ3n) is 2.40. The van der Waals surface area contributed by atoms with Crippen molar-refractivity contribution in [3.63, 3.8) is 0 Å². The van der Waals surface area contributed by atoms with Crippen LogP contribution in [-0.2, 0) is 0 Å². The van der Waals surface area contributed by atoms with Crippen LogP contribution in [-0.4, -0.2) is 14.5 Å². The smallest absolute Gasteiger partial charge is 0.141 e. The monoisotopic (exact) mass is 273 g/mol. The quantitative estimate of drug-likeness (QED) is 0.773. The van der Waals surface area contributed by atoms with Crippen molar-refractivity contribution < 1.29 is 0 Å². The van der Waals surface area contributed by atoms with Gasteiger partial charge >= 0.3 is 0 Å². The first-order chi connectivity index (χ1) is 9.65. The minimum atomic E-state index is 0.910. The van der Waals surface area contributed by atoms with E-state index in [0.29, 0.717) is 0 Å². The first-order valence-electron chi connectivity index (χ1n) is 7.24. The maximum Gasteiger partial charge on any atom is 0.141 e.